The van der Waals surface area contributed by atoms with Crippen molar-refractivity contribution < 1.29 is 0 Å². The molecule has 1 rings (SSSR count). The lowest BCUT2D eigenvalue weighted by atomic mass is 9.84. The minimum absolute atomic E-state index is 0.745. The summed E-state index contributed by atoms with van der Waals surface area (Å²) < 4.78 is 1.24. The molecule has 1 heteroatoms. The van der Waals surface area contributed by atoms with Gasteiger partial charge in [-0.05, 0) is 58.3 Å². The maximum Gasteiger partial charge on any atom is 0.00324 e. The molecule has 0 nitrogen and oxygen atoms in total. The van der Waals surface area contributed by atoms with E-state index in [1.165, 1.54) is 48.5 Å². The molecule has 0 amide bonds. The lowest BCUT2D eigenvalue weighted by molar-refractivity contribution is 0.531. The van der Waals surface area contributed by atoms with E-state index in [2.05, 4.69) is 55.2 Å². The van der Waals surface area contributed by atoms with Crippen molar-refractivity contribution >= 4 is 22.6 Å². The highest BCUT2D eigenvalue weighted by atomic mass is 127. The van der Waals surface area contributed by atoms with E-state index >= 15 is 0 Å². The second-order valence-electron chi connectivity index (χ2n) is 5.21. The predicted molar refractivity (Wildman–Crippen MR) is 86.7 cm³/mol. The van der Waals surface area contributed by atoms with Gasteiger partial charge in [0.05, 0.1) is 0 Å². The van der Waals surface area contributed by atoms with E-state index in [1.807, 2.05) is 0 Å². The van der Waals surface area contributed by atoms with Crippen molar-refractivity contribution in [3.8, 4) is 0 Å². The third kappa shape index (κ3) is 5.89. The Morgan fingerprint density at radius 3 is 2.82 bits per heavy atom. The van der Waals surface area contributed by atoms with Crippen LogP contribution < -0.4 is 0 Å². The summed E-state index contributed by atoms with van der Waals surface area (Å²) in [6.45, 7) is 8.49. The molecule has 0 aromatic carbocycles. The Balaban J connectivity index is 2.30. The summed E-state index contributed by atoms with van der Waals surface area (Å²) in [5.41, 5.74) is 4.58. The van der Waals surface area contributed by atoms with E-state index in [1.54, 1.807) is 11.1 Å². The van der Waals surface area contributed by atoms with Gasteiger partial charge in [0.15, 0.2) is 0 Å². The van der Waals surface area contributed by atoms with Crippen LogP contribution in [0.3, 0.4) is 0 Å². The summed E-state index contributed by atoms with van der Waals surface area (Å²) >= 11 is 2.45. The minimum Gasteiger partial charge on any atom is -0.0998 e. The molecule has 0 saturated carbocycles. The highest BCUT2D eigenvalue weighted by Crippen LogP contribution is 2.30. The molecule has 1 aliphatic rings. The first-order valence-corrected chi connectivity index (χ1v) is 8.21. The zero-order valence-corrected chi connectivity index (χ0v) is 13.4. The van der Waals surface area contributed by atoms with Crippen molar-refractivity contribution in [3.63, 3.8) is 0 Å². The third-order valence-corrected chi connectivity index (χ3v) is 4.19. The summed E-state index contributed by atoms with van der Waals surface area (Å²) in [6.07, 6.45) is 12.5. The van der Waals surface area contributed by atoms with Gasteiger partial charge in [-0.15, -0.1) is 0 Å². The monoisotopic (exact) mass is 344 g/mol. The average Bonchev–Trinajstić information content (AvgIpc) is 2.30. The SMILES string of the molecule is C=C(C)C1CC=C(CC/C=C(\C)CCI)CC1. The van der Waals surface area contributed by atoms with Crippen LogP contribution in [0, 0.1) is 5.92 Å². The quantitative estimate of drug-likeness (QED) is 0.323. The molecule has 0 heterocycles. The van der Waals surface area contributed by atoms with Crippen LogP contribution in [0.25, 0.3) is 0 Å². The number of alkyl halides is 1. The van der Waals surface area contributed by atoms with E-state index in [-0.39, 0.29) is 0 Å². The Labute approximate surface area is 120 Å². The first kappa shape index (κ1) is 15.0. The number of hydrogen-bond acceptors (Lipinski definition) is 0. The van der Waals surface area contributed by atoms with Gasteiger partial charge in [0, 0.05) is 4.43 Å². The molecule has 96 valence electrons. The fourth-order valence-electron chi connectivity index (χ4n) is 2.32. The second-order valence-corrected chi connectivity index (χ2v) is 6.29. The van der Waals surface area contributed by atoms with Crippen molar-refractivity contribution in [1.29, 1.82) is 0 Å². The van der Waals surface area contributed by atoms with Gasteiger partial charge in [0.25, 0.3) is 0 Å². The molecular weight excluding hydrogens is 319 g/mol. The summed E-state index contributed by atoms with van der Waals surface area (Å²) in [5, 5.41) is 0. The van der Waals surface area contributed by atoms with Crippen LogP contribution in [0.4, 0.5) is 0 Å². The van der Waals surface area contributed by atoms with Gasteiger partial charge in [-0.25, -0.2) is 0 Å². The van der Waals surface area contributed by atoms with Gasteiger partial charge in [-0.2, -0.15) is 0 Å². The van der Waals surface area contributed by atoms with Crippen molar-refractivity contribution in [2.75, 3.05) is 4.43 Å². The van der Waals surface area contributed by atoms with E-state index in [0.29, 0.717) is 0 Å². The molecule has 0 fully saturated rings. The van der Waals surface area contributed by atoms with E-state index in [0.717, 1.165) is 5.92 Å². The molecule has 17 heavy (non-hydrogen) atoms. The minimum atomic E-state index is 0.745. The highest BCUT2D eigenvalue weighted by molar-refractivity contribution is 14.1. The summed E-state index contributed by atoms with van der Waals surface area (Å²) in [6, 6.07) is 0. The predicted octanol–water partition coefficient (Wildman–Crippen LogP) is 5.84. The van der Waals surface area contributed by atoms with E-state index < -0.39 is 0 Å². The fraction of sp³-hybridized carbons (Fsp3) is 0.625. The topological polar surface area (TPSA) is 0 Å². The normalized spacial score (nSPS) is 21.2. The molecule has 0 aliphatic heterocycles. The molecule has 0 spiro atoms. The maximum absolute atomic E-state index is 4.07. The first-order valence-electron chi connectivity index (χ1n) is 6.68. The molecule has 0 radical (unpaired) electrons. The largest absolute Gasteiger partial charge is 0.0998 e. The molecular formula is C16H25I. The fourth-order valence-corrected chi connectivity index (χ4v) is 3.17. The summed E-state index contributed by atoms with van der Waals surface area (Å²) in [7, 11) is 0. The van der Waals surface area contributed by atoms with Gasteiger partial charge >= 0.3 is 0 Å². The molecule has 0 saturated heterocycles. The third-order valence-electron chi connectivity index (χ3n) is 3.65. The Kier molecular flexibility index (Phi) is 7.17. The second kappa shape index (κ2) is 8.12. The van der Waals surface area contributed by atoms with Crippen LogP contribution in [-0.4, -0.2) is 4.43 Å². The van der Waals surface area contributed by atoms with Crippen LogP contribution in [0.5, 0.6) is 0 Å². The molecule has 0 bridgehead atoms. The molecule has 1 aliphatic carbocycles. The van der Waals surface area contributed by atoms with Gasteiger partial charge in [0.1, 0.15) is 0 Å². The van der Waals surface area contributed by atoms with Gasteiger partial charge < -0.3 is 0 Å². The van der Waals surface area contributed by atoms with Crippen molar-refractivity contribution in [2.24, 2.45) is 5.92 Å². The van der Waals surface area contributed by atoms with Crippen molar-refractivity contribution in [2.45, 2.75) is 52.4 Å². The first-order chi connectivity index (χ1) is 8.13. The summed E-state index contributed by atoms with van der Waals surface area (Å²) in [4.78, 5) is 0. The Morgan fingerprint density at radius 2 is 2.29 bits per heavy atom. The summed E-state index contributed by atoms with van der Waals surface area (Å²) in [5.74, 6) is 0.745. The van der Waals surface area contributed by atoms with Gasteiger partial charge in [-0.3, -0.25) is 0 Å². The Hall–Kier alpha value is -0.0500. The smallest absolute Gasteiger partial charge is 0.00324 e. The van der Waals surface area contributed by atoms with E-state index in [4.69, 9.17) is 0 Å². The number of allylic oxidation sites excluding steroid dienone is 5. The molecule has 0 N–H and O–H groups in total. The zero-order chi connectivity index (χ0) is 12.7. The molecule has 0 aromatic rings. The lowest BCUT2D eigenvalue weighted by Gasteiger charge is -2.21. The number of rotatable bonds is 6. The molecule has 1 atom stereocenters. The Morgan fingerprint density at radius 1 is 1.53 bits per heavy atom. The maximum atomic E-state index is 4.07. The van der Waals surface area contributed by atoms with Gasteiger partial charge in [0.2, 0.25) is 0 Å². The van der Waals surface area contributed by atoms with Crippen LogP contribution in [0.1, 0.15) is 52.4 Å². The molecule has 1 unspecified atom stereocenters. The van der Waals surface area contributed by atoms with Crippen LogP contribution >= 0.6 is 22.6 Å². The highest BCUT2D eigenvalue weighted by Gasteiger charge is 2.14. The van der Waals surface area contributed by atoms with Gasteiger partial charge in [-0.1, -0.05) is 58.0 Å². The standard InChI is InChI=1S/C16H25I/c1-13(2)16-9-7-15(8-10-16)6-4-5-14(3)11-12-17/h5,7,16H,1,4,6,8-12H2,2-3H3/b14-5+. The number of hydrogen-bond donors (Lipinski definition) is 0. The number of halogens is 1. The lowest BCUT2D eigenvalue weighted by Crippen LogP contribution is -2.06. The van der Waals surface area contributed by atoms with Crippen molar-refractivity contribution in [1.82, 2.24) is 0 Å². The van der Waals surface area contributed by atoms with Crippen LogP contribution in [-0.2, 0) is 0 Å². The van der Waals surface area contributed by atoms with Crippen molar-refractivity contribution in [3.05, 3.63) is 35.5 Å². The van der Waals surface area contributed by atoms with Crippen LogP contribution in [0.15, 0.2) is 35.5 Å². The van der Waals surface area contributed by atoms with Crippen LogP contribution in [0.2, 0.25) is 0 Å². The zero-order valence-electron chi connectivity index (χ0n) is 11.3. The molecule has 0 aromatic heterocycles. The average molecular weight is 344 g/mol. The van der Waals surface area contributed by atoms with E-state index in [9.17, 15) is 0 Å². The Bertz CT molecular complexity index is 309.